The van der Waals surface area contributed by atoms with Gasteiger partial charge in [0.1, 0.15) is 5.69 Å². The lowest BCUT2D eigenvalue weighted by molar-refractivity contribution is 0.645. The third kappa shape index (κ3) is 5.29. The van der Waals surface area contributed by atoms with E-state index in [0.29, 0.717) is 5.82 Å². The first-order chi connectivity index (χ1) is 27.8. The molecule has 0 fully saturated rings. The zero-order chi connectivity index (χ0) is 37.0. The van der Waals surface area contributed by atoms with E-state index in [1.165, 1.54) is 0 Å². The fourth-order valence-corrected chi connectivity index (χ4v) is 7.95. The Hall–Kier alpha value is -7.63. The van der Waals surface area contributed by atoms with E-state index in [1.54, 1.807) is 0 Å². The number of pyridine rings is 1. The summed E-state index contributed by atoms with van der Waals surface area (Å²) in [5, 5.41) is 4.34. The maximum Gasteiger partial charge on any atom is 0.213 e. The van der Waals surface area contributed by atoms with Gasteiger partial charge in [0.2, 0.25) is 5.71 Å². The molecule has 262 valence electrons. The second-order valence-electron chi connectivity index (χ2n) is 14.0. The van der Waals surface area contributed by atoms with Crippen LogP contribution in [0.15, 0.2) is 199 Å². The molecule has 0 aliphatic rings. The summed E-state index contributed by atoms with van der Waals surface area (Å²) in [5.41, 5.74) is 13.5. The quantitative estimate of drug-likeness (QED) is 0.172. The van der Waals surface area contributed by atoms with Gasteiger partial charge in [-0.1, -0.05) is 158 Å². The Morgan fingerprint density at radius 3 is 1.64 bits per heavy atom. The van der Waals surface area contributed by atoms with E-state index in [1.807, 2.05) is 48.5 Å². The fourth-order valence-electron chi connectivity index (χ4n) is 7.95. The van der Waals surface area contributed by atoms with Crippen molar-refractivity contribution < 1.29 is 4.42 Å². The SMILES string of the molecule is c1ccc(-c2cc(-c3ccc(-c4ccc5nc(-c6ccccc6)c6oc7c(c8ccccc8n7-c7ccccc7)c6c5c4)cc3)nc(-c3ccccc3)n2)cc1. The number of rotatable bonds is 6. The molecule has 0 amide bonds. The summed E-state index contributed by atoms with van der Waals surface area (Å²) in [6.07, 6.45) is 0. The van der Waals surface area contributed by atoms with Gasteiger partial charge in [-0.15, -0.1) is 0 Å². The van der Waals surface area contributed by atoms with Crippen LogP contribution >= 0.6 is 0 Å². The lowest BCUT2D eigenvalue weighted by Gasteiger charge is -2.11. The van der Waals surface area contributed by atoms with E-state index < -0.39 is 0 Å². The van der Waals surface area contributed by atoms with Crippen molar-refractivity contribution in [3.63, 3.8) is 0 Å². The van der Waals surface area contributed by atoms with E-state index in [0.717, 1.165) is 100 Å². The largest absolute Gasteiger partial charge is 0.437 e. The molecule has 11 rings (SSSR count). The fraction of sp³-hybridized carbons (Fsp3) is 0. The van der Waals surface area contributed by atoms with Crippen LogP contribution in [0.5, 0.6) is 0 Å². The van der Waals surface area contributed by atoms with Crippen LogP contribution in [0.4, 0.5) is 0 Å². The molecule has 4 aromatic heterocycles. The summed E-state index contributed by atoms with van der Waals surface area (Å²) < 4.78 is 9.23. The van der Waals surface area contributed by atoms with E-state index in [2.05, 4.69) is 150 Å². The summed E-state index contributed by atoms with van der Waals surface area (Å²) in [6.45, 7) is 0. The molecule has 5 nitrogen and oxygen atoms in total. The molecule has 0 spiro atoms. The molecule has 0 aliphatic carbocycles. The highest BCUT2D eigenvalue weighted by atomic mass is 16.3. The minimum absolute atomic E-state index is 0.701. The predicted octanol–water partition coefficient (Wildman–Crippen LogP) is 13.2. The first-order valence-electron chi connectivity index (χ1n) is 18.8. The third-order valence-electron chi connectivity index (χ3n) is 10.6. The third-order valence-corrected chi connectivity index (χ3v) is 10.6. The van der Waals surface area contributed by atoms with Crippen LogP contribution in [0.25, 0.3) is 106 Å². The maximum absolute atomic E-state index is 7.00. The molecule has 0 saturated carbocycles. The topological polar surface area (TPSA) is 56.7 Å². The van der Waals surface area contributed by atoms with Gasteiger partial charge < -0.3 is 4.42 Å². The Kier molecular flexibility index (Phi) is 7.42. The van der Waals surface area contributed by atoms with Gasteiger partial charge in [-0.3, -0.25) is 4.57 Å². The van der Waals surface area contributed by atoms with Crippen molar-refractivity contribution in [1.82, 2.24) is 19.5 Å². The van der Waals surface area contributed by atoms with Gasteiger partial charge >= 0.3 is 0 Å². The normalized spacial score (nSPS) is 11.6. The molecule has 0 aliphatic heterocycles. The van der Waals surface area contributed by atoms with E-state index in [4.69, 9.17) is 19.4 Å². The zero-order valence-electron chi connectivity index (χ0n) is 30.2. The Morgan fingerprint density at radius 1 is 0.393 bits per heavy atom. The molecular weight excluding hydrogens is 685 g/mol. The molecule has 0 atom stereocenters. The van der Waals surface area contributed by atoms with Crippen molar-refractivity contribution in [3.8, 4) is 62.0 Å². The summed E-state index contributed by atoms with van der Waals surface area (Å²) >= 11 is 0. The number of aromatic nitrogens is 4. The van der Waals surface area contributed by atoms with E-state index >= 15 is 0 Å². The first-order valence-corrected chi connectivity index (χ1v) is 18.8. The number of nitrogens with zero attached hydrogens (tertiary/aromatic N) is 4. The van der Waals surface area contributed by atoms with Crippen molar-refractivity contribution in [2.75, 3.05) is 0 Å². The molecule has 0 N–H and O–H groups in total. The smallest absolute Gasteiger partial charge is 0.213 e. The average Bonchev–Trinajstić information content (AvgIpc) is 3.82. The van der Waals surface area contributed by atoms with Crippen LogP contribution in [0, 0.1) is 0 Å². The highest BCUT2D eigenvalue weighted by Crippen LogP contribution is 2.45. The summed E-state index contributed by atoms with van der Waals surface area (Å²) in [4.78, 5) is 15.3. The van der Waals surface area contributed by atoms with Gasteiger partial charge in [0.15, 0.2) is 11.4 Å². The lowest BCUT2D eigenvalue weighted by atomic mass is 9.97. The van der Waals surface area contributed by atoms with Crippen LogP contribution in [0.1, 0.15) is 0 Å². The molecule has 7 aromatic carbocycles. The average molecular weight is 717 g/mol. The predicted molar refractivity (Wildman–Crippen MR) is 229 cm³/mol. The van der Waals surface area contributed by atoms with Crippen molar-refractivity contribution in [1.29, 1.82) is 0 Å². The van der Waals surface area contributed by atoms with Gasteiger partial charge in [-0.05, 0) is 47.5 Å². The summed E-state index contributed by atoms with van der Waals surface area (Å²) in [6, 6.07) is 67.1. The van der Waals surface area contributed by atoms with Crippen LogP contribution < -0.4 is 0 Å². The van der Waals surface area contributed by atoms with Gasteiger partial charge in [0.25, 0.3) is 0 Å². The van der Waals surface area contributed by atoms with Crippen molar-refractivity contribution in [2.45, 2.75) is 0 Å². The maximum atomic E-state index is 7.00. The van der Waals surface area contributed by atoms with Crippen molar-refractivity contribution >= 4 is 43.9 Å². The molecular formula is C51H32N4O. The van der Waals surface area contributed by atoms with E-state index in [9.17, 15) is 0 Å². The number of benzene rings is 7. The zero-order valence-corrected chi connectivity index (χ0v) is 30.2. The number of fused-ring (bicyclic) bond motifs is 7. The molecule has 4 heterocycles. The Balaban J connectivity index is 1.09. The van der Waals surface area contributed by atoms with Crippen LogP contribution in [-0.2, 0) is 0 Å². The second kappa shape index (κ2) is 13.0. The minimum Gasteiger partial charge on any atom is -0.437 e. The van der Waals surface area contributed by atoms with Crippen molar-refractivity contribution in [3.05, 3.63) is 194 Å². The lowest BCUT2D eigenvalue weighted by Crippen LogP contribution is -1.95. The Bertz CT molecular complexity index is 3150. The molecule has 56 heavy (non-hydrogen) atoms. The minimum atomic E-state index is 0.701. The highest BCUT2D eigenvalue weighted by molar-refractivity contribution is 6.28. The van der Waals surface area contributed by atoms with Crippen LogP contribution in [0.2, 0.25) is 0 Å². The van der Waals surface area contributed by atoms with Gasteiger partial charge in [0.05, 0.1) is 27.8 Å². The molecule has 0 unspecified atom stereocenters. The molecule has 5 heteroatoms. The van der Waals surface area contributed by atoms with E-state index in [-0.39, 0.29) is 0 Å². The van der Waals surface area contributed by atoms with Crippen LogP contribution in [0.3, 0.4) is 0 Å². The van der Waals surface area contributed by atoms with Crippen LogP contribution in [-0.4, -0.2) is 19.5 Å². The molecule has 0 bridgehead atoms. The molecule has 0 radical (unpaired) electrons. The number of furan rings is 1. The molecule has 0 saturated heterocycles. The monoisotopic (exact) mass is 716 g/mol. The Labute approximate surface area is 322 Å². The number of hydrogen-bond donors (Lipinski definition) is 0. The van der Waals surface area contributed by atoms with Crippen molar-refractivity contribution in [2.24, 2.45) is 0 Å². The molecule has 11 aromatic rings. The summed E-state index contributed by atoms with van der Waals surface area (Å²) in [5.74, 6) is 0.701. The number of para-hydroxylation sites is 2. The van der Waals surface area contributed by atoms with Gasteiger partial charge in [-0.25, -0.2) is 15.0 Å². The van der Waals surface area contributed by atoms with Gasteiger partial charge in [-0.2, -0.15) is 0 Å². The standard InChI is InChI=1S/C51H32N4O/c1-5-15-34(16-6-1)43-32-44(54-50(53-43)37-19-9-3-10-20-37)35-27-25-33(26-28-35)38-29-30-42-41(31-38)46-47-40-23-13-14-24-45(40)55(39-21-11-4-12-22-39)51(47)56-49(46)48(52-42)36-17-7-2-8-18-36/h1-32H. The second-order valence-corrected chi connectivity index (χ2v) is 14.0. The first kappa shape index (κ1) is 31.9. The number of hydrogen-bond acceptors (Lipinski definition) is 4. The summed E-state index contributed by atoms with van der Waals surface area (Å²) in [7, 11) is 0. The highest BCUT2D eigenvalue weighted by Gasteiger charge is 2.24. The Morgan fingerprint density at radius 2 is 0.946 bits per heavy atom. The van der Waals surface area contributed by atoms with Gasteiger partial charge in [0, 0.05) is 44.1 Å².